The number of hydrogen-bond donors (Lipinski definition) is 1. The van der Waals surface area contributed by atoms with Gasteiger partial charge in [-0.05, 0) is 50.8 Å². The first-order valence-corrected chi connectivity index (χ1v) is 11.3. The van der Waals surface area contributed by atoms with E-state index in [1.807, 2.05) is 25.1 Å². The van der Waals surface area contributed by atoms with E-state index >= 15 is 0 Å². The highest BCUT2D eigenvalue weighted by Crippen LogP contribution is 2.38. The summed E-state index contributed by atoms with van der Waals surface area (Å²) in [6.07, 6.45) is 5.06. The third-order valence-electron chi connectivity index (χ3n) is 6.71. The zero-order valence-electron chi connectivity index (χ0n) is 18.2. The summed E-state index contributed by atoms with van der Waals surface area (Å²) in [6.45, 7) is 3.90. The standard InChI is InChI=1S/C24H28N4O4/c1-16-7-8-18-19(27(16)24(30)31)9-10-20-23(18)25-21(28(20)17-5-4-14-32-15-17)11-13-26-12-3-2-6-22(26)29/h2-3,6,9-10,12,16-17H,4-5,7-8,11,13-15H2,1H3,(H,30,31)/t16-,17+/m0/s1. The molecule has 0 spiro atoms. The first kappa shape index (κ1) is 20.8. The molecule has 0 unspecified atom stereocenters. The zero-order valence-corrected chi connectivity index (χ0v) is 18.2. The first-order valence-electron chi connectivity index (χ1n) is 11.3. The van der Waals surface area contributed by atoms with Crippen LogP contribution in [0.4, 0.5) is 10.5 Å². The molecule has 1 N–H and O–H groups in total. The number of amides is 1. The molecule has 0 radical (unpaired) electrons. The van der Waals surface area contributed by atoms with Crippen LogP contribution in [0.15, 0.2) is 41.3 Å². The van der Waals surface area contributed by atoms with E-state index in [1.54, 1.807) is 22.9 Å². The van der Waals surface area contributed by atoms with Crippen molar-refractivity contribution in [1.82, 2.24) is 14.1 Å². The molecule has 2 aliphatic rings. The lowest BCUT2D eigenvalue weighted by atomic mass is 9.95. The maximum atomic E-state index is 12.2. The summed E-state index contributed by atoms with van der Waals surface area (Å²) in [7, 11) is 0. The summed E-state index contributed by atoms with van der Waals surface area (Å²) < 4.78 is 9.75. The van der Waals surface area contributed by atoms with E-state index in [2.05, 4.69) is 4.57 Å². The third-order valence-corrected chi connectivity index (χ3v) is 6.71. The Hall–Kier alpha value is -3.13. The number of carboxylic acid groups (broad SMARTS) is 1. The monoisotopic (exact) mass is 436 g/mol. The molecule has 4 heterocycles. The van der Waals surface area contributed by atoms with Crippen molar-refractivity contribution >= 4 is 22.8 Å². The predicted molar refractivity (Wildman–Crippen MR) is 122 cm³/mol. The van der Waals surface area contributed by atoms with Gasteiger partial charge in [0, 0.05) is 43.4 Å². The van der Waals surface area contributed by atoms with Gasteiger partial charge in [-0.2, -0.15) is 0 Å². The van der Waals surface area contributed by atoms with Crippen molar-refractivity contribution in [3.8, 4) is 0 Å². The van der Waals surface area contributed by atoms with Crippen molar-refractivity contribution in [2.75, 3.05) is 18.1 Å². The molecule has 0 saturated carbocycles. The second-order valence-corrected chi connectivity index (χ2v) is 8.72. The van der Waals surface area contributed by atoms with E-state index in [0.717, 1.165) is 60.4 Å². The van der Waals surface area contributed by atoms with Gasteiger partial charge in [0.2, 0.25) is 0 Å². The van der Waals surface area contributed by atoms with Crippen LogP contribution in [-0.4, -0.2) is 44.6 Å². The van der Waals surface area contributed by atoms with Crippen molar-refractivity contribution in [2.24, 2.45) is 0 Å². The molecule has 0 aliphatic carbocycles. The Labute approximate surface area is 186 Å². The smallest absolute Gasteiger partial charge is 0.412 e. The van der Waals surface area contributed by atoms with Crippen molar-refractivity contribution in [3.63, 3.8) is 0 Å². The van der Waals surface area contributed by atoms with Gasteiger partial charge >= 0.3 is 6.09 Å². The zero-order chi connectivity index (χ0) is 22.2. The van der Waals surface area contributed by atoms with Gasteiger partial charge in [0.05, 0.1) is 29.4 Å². The molecule has 0 bridgehead atoms. The Balaban J connectivity index is 1.61. The molecule has 32 heavy (non-hydrogen) atoms. The fourth-order valence-corrected chi connectivity index (χ4v) is 5.11. The minimum absolute atomic E-state index is 0.0281. The lowest BCUT2D eigenvalue weighted by molar-refractivity contribution is 0.0595. The highest BCUT2D eigenvalue weighted by molar-refractivity contribution is 5.94. The Bertz CT molecular complexity index is 1210. The number of ether oxygens (including phenoxy) is 1. The number of carbonyl (C=O) groups is 1. The Morgan fingerprint density at radius 3 is 2.88 bits per heavy atom. The quantitative estimate of drug-likeness (QED) is 0.675. The summed E-state index contributed by atoms with van der Waals surface area (Å²) >= 11 is 0. The summed E-state index contributed by atoms with van der Waals surface area (Å²) in [5.74, 6) is 0.917. The summed E-state index contributed by atoms with van der Waals surface area (Å²) in [6, 6.07) is 9.22. The van der Waals surface area contributed by atoms with Crippen LogP contribution in [0, 0.1) is 0 Å². The number of benzene rings is 1. The average Bonchev–Trinajstić information content (AvgIpc) is 3.17. The SMILES string of the molecule is C[C@H]1CCc2c(ccc3c2nc(CCn2ccccc2=O)n3[C@@H]2CCCOC2)N1C(=O)O. The Morgan fingerprint density at radius 1 is 1.25 bits per heavy atom. The number of anilines is 1. The van der Waals surface area contributed by atoms with Crippen LogP contribution in [0.3, 0.4) is 0 Å². The second-order valence-electron chi connectivity index (χ2n) is 8.72. The van der Waals surface area contributed by atoms with Gasteiger partial charge in [0.1, 0.15) is 5.82 Å². The normalized spacial score (nSPS) is 21.0. The largest absolute Gasteiger partial charge is 0.465 e. The second kappa shape index (κ2) is 8.43. The number of nitrogens with zero attached hydrogens (tertiary/aromatic N) is 4. The van der Waals surface area contributed by atoms with Crippen LogP contribution in [0.25, 0.3) is 11.0 Å². The van der Waals surface area contributed by atoms with Gasteiger partial charge in [-0.25, -0.2) is 9.78 Å². The van der Waals surface area contributed by atoms with E-state index in [1.165, 1.54) is 4.90 Å². The highest BCUT2D eigenvalue weighted by Gasteiger charge is 2.31. The van der Waals surface area contributed by atoms with Gasteiger partial charge in [-0.3, -0.25) is 9.69 Å². The lowest BCUT2D eigenvalue weighted by Gasteiger charge is -2.33. The van der Waals surface area contributed by atoms with Gasteiger partial charge in [-0.15, -0.1) is 0 Å². The van der Waals surface area contributed by atoms with Crippen molar-refractivity contribution in [1.29, 1.82) is 0 Å². The number of rotatable bonds is 4. The summed E-state index contributed by atoms with van der Waals surface area (Å²) in [5, 5.41) is 9.78. The van der Waals surface area contributed by atoms with Crippen LogP contribution in [0.2, 0.25) is 0 Å². The molecule has 3 aromatic rings. The van der Waals surface area contributed by atoms with Gasteiger partial charge in [0.25, 0.3) is 5.56 Å². The molecule has 1 aromatic carbocycles. The van der Waals surface area contributed by atoms with E-state index in [4.69, 9.17) is 9.72 Å². The average molecular weight is 437 g/mol. The predicted octanol–water partition coefficient (Wildman–Crippen LogP) is 3.61. The topological polar surface area (TPSA) is 89.6 Å². The fourth-order valence-electron chi connectivity index (χ4n) is 5.11. The molecule has 5 rings (SSSR count). The number of fused-ring (bicyclic) bond motifs is 3. The molecule has 8 heteroatoms. The maximum Gasteiger partial charge on any atom is 0.412 e. The number of aryl methyl sites for hydroxylation is 3. The van der Waals surface area contributed by atoms with Gasteiger partial charge < -0.3 is 19.0 Å². The summed E-state index contributed by atoms with van der Waals surface area (Å²) in [4.78, 5) is 30.6. The summed E-state index contributed by atoms with van der Waals surface area (Å²) in [5.41, 5.74) is 3.60. The Morgan fingerprint density at radius 2 is 2.12 bits per heavy atom. The number of imidazole rings is 1. The maximum absolute atomic E-state index is 12.2. The van der Waals surface area contributed by atoms with E-state index in [-0.39, 0.29) is 17.6 Å². The van der Waals surface area contributed by atoms with Gasteiger partial charge in [-0.1, -0.05) is 6.07 Å². The minimum atomic E-state index is -0.929. The third kappa shape index (κ3) is 3.58. The molecular formula is C24H28N4O4. The minimum Gasteiger partial charge on any atom is -0.465 e. The molecule has 2 aromatic heterocycles. The van der Waals surface area contributed by atoms with Crippen LogP contribution in [-0.2, 0) is 24.1 Å². The van der Waals surface area contributed by atoms with Crippen LogP contribution < -0.4 is 10.5 Å². The molecule has 2 atom stereocenters. The molecule has 1 saturated heterocycles. The molecule has 1 fully saturated rings. The first-order chi connectivity index (χ1) is 15.5. The molecular weight excluding hydrogens is 408 g/mol. The molecule has 168 valence electrons. The number of pyridine rings is 1. The number of hydrogen-bond acceptors (Lipinski definition) is 4. The Kier molecular flexibility index (Phi) is 5.46. The fraction of sp³-hybridized carbons (Fsp3) is 0.458. The van der Waals surface area contributed by atoms with Crippen LogP contribution >= 0.6 is 0 Å². The molecule has 8 nitrogen and oxygen atoms in total. The van der Waals surface area contributed by atoms with E-state index < -0.39 is 6.09 Å². The molecule has 2 aliphatic heterocycles. The molecule has 1 amide bonds. The lowest BCUT2D eigenvalue weighted by Crippen LogP contribution is -2.41. The van der Waals surface area contributed by atoms with Gasteiger partial charge in [0.15, 0.2) is 0 Å². The van der Waals surface area contributed by atoms with E-state index in [9.17, 15) is 14.7 Å². The highest BCUT2D eigenvalue weighted by atomic mass is 16.5. The van der Waals surface area contributed by atoms with Crippen molar-refractivity contribution in [3.05, 3.63) is 58.3 Å². The van der Waals surface area contributed by atoms with Crippen molar-refractivity contribution < 1.29 is 14.6 Å². The van der Waals surface area contributed by atoms with E-state index in [0.29, 0.717) is 19.6 Å². The van der Waals surface area contributed by atoms with Crippen LogP contribution in [0.1, 0.15) is 43.6 Å². The van der Waals surface area contributed by atoms with Crippen LogP contribution in [0.5, 0.6) is 0 Å². The van der Waals surface area contributed by atoms with Crippen molar-refractivity contribution in [2.45, 2.75) is 57.7 Å². The number of aromatic nitrogens is 3.